The zero-order valence-electron chi connectivity index (χ0n) is 17.0. The summed E-state index contributed by atoms with van der Waals surface area (Å²) in [7, 11) is 1.50. The van der Waals surface area contributed by atoms with E-state index >= 15 is 0 Å². The molecule has 9 heteroatoms. The number of ether oxygens (including phenoxy) is 5. The van der Waals surface area contributed by atoms with Crippen molar-refractivity contribution in [2.24, 2.45) is 0 Å². The number of aromatic nitrogens is 1. The molecule has 1 amide bonds. The number of nitrogens with zero attached hydrogens (tertiary/aromatic N) is 1. The normalized spacial score (nSPS) is 10.6. The van der Waals surface area contributed by atoms with Crippen LogP contribution in [-0.2, 0) is 18.9 Å². The summed E-state index contributed by atoms with van der Waals surface area (Å²) >= 11 is 0. The molecule has 2 aromatic rings. The summed E-state index contributed by atoms with van der Waals surface area (Å²) in [6.45, 7) is 3.10. The van der Waals surface area contributed by atoms with Crippen molar-refractivity contribution in [2.75, 3.05) is 59.9 Å². The highest BCUT2D eigenvalue weighted by atomic mass is 19.1. The van der Waals surface area contributed by atoms with E-state index in [1.54, 1.807) is 36.5 Å². The minimum absolute atomic E-state index is 0.201. The van der Waals surface area contributed by atoms with E-state index < -0.39 is 6.09 Å². The highest BCUT2D eigenvalue weighted by Crippen LogP contribution is 2.24. The van der Waals surface area contributed by atoms with Gasteiger partial charge < -0.3 is 29.0 Å². The SMILES string of the molecule is CNC(=O)OCCOCCOCCOCCOc1ccc(-c2ccncc2F)cc1. The van der Waals surface area contributed by atoms with Crippen molar-refractivity contribution in [1.82, 2.24) is 10.3 Å². The third kappa shape index (κ3) is 9.17. The van der Waals surface area contributed by atoms with E-state index in [9.17, 15) is 9.18 Å². The van der Waals surface area contributed by atoms with Gasteiger partial charge in [-0.1, -0.05) is 12.1 Å². The van der Waals surface area contributed by atoms with Crippen LogP contribution < -0.4 is 10.1 Å². The Morgan fingerprint density at radius 2 is 1.50 bits per heavy atom. The maximum absolute atomic E-state index is 13.7. The van der Waals surface area contributed by atoms with Crippen LogP contribution in [0, 0.1) is 5.82 Å². The lowest BCUT2D eigenvalue weighted by Crippen LogP contribution is -2.21. The van der Waals surface area contributed by atoms with Crippen LogP contribution in [-0.4, -0.2) is 71.0 Å². The minimum atomic E-state index is -0.478. The Kier molecular flexibility index (Phi) is 11.2. The van der Waals surface area contributed by atoms with Gasteiger partial charge in [0, 0.05) is 18.8 Å². The third-order valence-corrected chi connectivity index (χ3v) is 3.84. The molecule has 0 saturated carbocycles. The molecule has 2 rings (SSSR count). The molecule has 0 bridgehead atoms. The number of alkyl carbamates (subject to hydrolysis) is 1. The van der Waals surface area contributed by atoms with Gasteiger partial charge in [-0.25, -0.2) is 9.18 Å². The molecule has 0 atom stereocenters. The molecule has 0 unspecified atom stereocenters. The second kappa shape index (κ2) is 14.3. The summed E-state index contributed by atoms with van der Waals surface area (Å²) in [5.41, 5.74) is 1.26. The van der Waals surface area contributed by atoms with E-state index in [1.165, 1.54) is 13.2 Å². The molecule has 0 radical (unpaired) electrons. The topological polar surface area (TPSA) is 88.1 Å². The summed E-state index contributed by atoms with van der Waals surface area (Å²) in [4.78, 5) is 14.5. The van der Waals surface area contributed by atoms with Gasteiger partial charge in [0.1, 0.15) is 24.8 Å². The van der Waals surface area contributed by atoms with Crippen molar-refractivity contribution in [2.45, 2.75) is 0 Å². The molecule has 0 spiro atoms. The molecule has 164 valence electrons. The van der Waals surface area contributed by atoms with E-state index in [2.05, 4.69) is 10.3 Å². The second-order valence-corrected chi connectivity index (χ2v) is 5.95. The van der Waals surface area contributed by atoms with Gasteiger partial charge in [0.05, 0.1) is 45.8 Å². The molecular formula is C21H27FN2O6. The summed E-state index contributed by atoms with van der Waals surface area (Å²) in [6.07, 6.45) is 2.27. The fourth-order valence-electron chi connectivity index (χ4n) is 2.37. The van der Waals surface area contributed by atoms with Crippen molar-refractivity contribution in [3.05, 3.63) is 48.5 Å². The van der Waals surface area contributed by atoms with Crippen LogP contribution in [0.3, 0.4) is 0 Å². The highest BCUT2D eigenvalue weighted by Gasteiger charge is 2.04. The molecule has 0 saturated heterocycles. The highest BCUT2D eigenvalue weighted by molar-refractivity contribution is 5.66. The van der Waals surface area contributed by atoms with E-state index in [4.69, 9.17) is 23.7 Å². The van der Waals surface area contributed by atoms with Gasteiger partial charge in [0.25, 0.3) is 0 Å². The summed E-state index contributed by atoms with van der Waals surface area (Å²) in [5, 5.41) is 2.35. The molecule has 0 fully saturated rings. The van der Waals surface area contributed by atoms with Gasteiger partial charge in [-0.3, -0.25) is 4.98 Å². The number of nitrogens with one attached hydrogen (secondary N) is 1. The Bertz CT molecular complexity index is 745. The number of hydrogen-bond acceptors (Lipinski definition) is 7. The first-order chi connectivity index (χ1) is 14.7. The Hall–Kier alpha value is -2.75. The van der Waals surface area contributed by atoms with Crippen LogP contribution in [0.4, 0.5) is 9.18 Å². The fourth-order valence-corrected chi connectivity index (χ4v) is 2.37. The molecule has 0 aliphatic carbocycles. The molecule has 1 aromatic carbocycles. The maximum atomic E-state index is 13.7. The summed E-state index contributed by atoms with van der Waals surface area (Å²) in [6, 6.07) is 8.82. The molecule has 0 aliphatic rings. The van der Waals surface area contributed by atoms with Gasteiger partial charge in [-0.05, 0) is 23.8 Å². The monoisotopic (exact) mass is 422 g/mol. The third-order valence-electron chi connectivity index (χ3n) is 3.84. The fraction of sp³-hybridized carbons (Fsp3) is 0.429. The summed E-state index contributed by atoms with van der Waals surface area (Å²) < 4.78 is 40.2. The second-order valence-electron chi connectivity index (χ2n) is 5.95. The van der Waals surface area contributed by atoms with Crippen molar-refractivity contribution in [1.29, 1.82) is 0 Å². The lowest BCUT2D eigenvalue weighted by molar-refractivity contribution is 0.00204. The molecule has 1 heterocycles. The van der Waals surface area contributed by atoms with Crippen LogP contribution in [0.25, 0.3) is 11.1 Å². The molecule has 0 aliphatic heterocycles. The van der Waals surface area contributed by atoms with Crippen LogP contribution in [0.5, 0.6) is 5.75 Å². The quantitative estimate of drug-likeness (QED) is 0.468. The lowest BCUT2D eigenvalue weighted by Gasteiger charge is -2.09. The minimum Gasteiger partial charge on any atom is -0.491 e. The molecule has 8 nitrogen and oxygen atoms in total. The Balaban J connectivity index is 1.45. The predicted octanol–water partition coefficient (Wildman–Crippen LogP) is 2.67. The maximum Gasteiger partial charge on any atom is 0.406 e. The number of carbonyl (C=O) groups excluding carboxylic acids is 1. The van der Waals surface area contributed by atoms with Crippen LogP contribution in [0.2, 0.25) is 0 Å². The summed E-state index contributed by atoms with van der Waals surface area (Å²) in [5.74, 6) is 0.328. The first-order valence-electron chi connectivity index (χ1n) is 9.61. The number of halogens is 1. The molecule has 1 aromatic heterocycles. The number of hydrogen-bond donors (Lipinski definition) is 1. The van der Waals surface area contributed by atoms with Gasteiger partial charge in [0.2, 0.25) is 0 Å². The molecule has 1 N–H and O–H groups in total. The first kappa shape index (κ1) is 23.5. The van der Waals surface area contributed by atoms with Crippen LogP contribution in [0.15, 0.2) is 42.7 Å². The Morgan fingerprint density at radius 1 is 0.900 bits per heavy atom. The van der Waals surface area contributed by atoms with E-state index in [1.807, 2.05) is 0 Å². The Morgan fingerprint density at radius 3 is 2.10 bits per heavy atom. The van der Waals surface area contributed by atoms with Crippen LogP contribution >= 0.6 is 0 Å². The van der Waals surface area contributed by atoms with Gasteiger partial charge in [0.15, 0.2) is 0 Å². The van der Waals surface area contributed by atoms with Crippen molar-refractivity contribution in [3.63, 3.8) is 0 Å². The van der Waals surface area contributed by atoms with E-state index in [-0.39, 0.29) is 12.4 Å². The van der Waals surface area contributed by atoms with Gasteiger partial charge >= 0.3 is 6.09 Å². The average molecular weight is 422 g/mol. The predicted molar refractivity (Wildman–Crippen MR) is 108 cm³/mol. The van der Waals surface area contributed by atoms with Crippen molar-refractivity contribution in [3.8, 4) is 16.9 Å². The van der Waals surface area contributed by atoms with E-state index in [0.717, 1.165) is 5.56 Å². The lowest BCUT2D eigenvalue weighted by atomic mass is 10.1. The number of rotatable bonds is 14. The number of carbonyl (C=O) groups is 1. The Labute approximate surface area is 175 Å². The van der Waals surface area contributed by atoms with Gasteiger partial charge in [-0.15, -0.1) is 0 Å². The van der Waals surface area contributed by atoms with Crippen LogP contribution in [0.1, 0.15) is 0 Å². The van der Waals surface area contributed by atoms with E-state index in [0.29, 0.717) is 57.6 Å². The zero-order valence-corrected chi connectivity index (χ0v) is 17.0. The molecule has 30 heavy (non-hydrogen) atoms. The number of benzene rings is 1. The smallest absolute Gasteiger partial charge is 0.406 e. The average Bonchev–Trinajstić information content (AvgIpc) is 2.77. The molecular weight excluding hydrogens is 395 g/mol. The standard InChI is InChI=1S/C21H27FN2O6/c1-23-21(25)30-15-13-28-11-9-26-8-10-27-12-14-29-18-4-2-17(3-5-18)19-6-7-24-16-20(19)22/h2-7,16H,8-15H2,1H3,(H,23,25). The number of pyridine rings is 1. The number of amides is 1. The van der Waals surface area contributed by atoms with Gasteiger partial charge in [-0.2, -0.15) is 0 Å². The van der Waals surface area contributed by atoms with Crippen molar-refractivity contribution < 1.29 is 32.9 Å². The zero-order chi connectivity index (χ0) is 21.4. The first-order valence-corrected chi connectivity index (χ1v) is 9.61. The largest absolute Gasteiger partial charge is 0.491 e. The van der Waals surface area contributed by atoms with Crippen molar-refractivity contribution >= 4 is 6.09 Å².